The van der Waals surface area contributed by atoms with Crippen LogP contribution in [0.3, 0.4) is 0 Å². The maximum absolute atomic E-state index is 5.35. The summed E-state index contributed by atoms with van der Waals surface area (Å²) in [7, 11) is 0. The zero-order chi connectivity index (χ0) is 12.4. The van der Waals surface area contributed by atoms with Crippen LogP contribution >= 0.6 is 0 Å². The molecule has 1 aromatic heterocycles. The molecule has 0 bridgehead atoms. The minimum absolute atomic E-state index is 0.531. The van der Waals surface area contributed by atoms with Gasteiger partial charge >= 0.3 is 0 Å². The van der Waals surface area contributed by atoms with E-state index in [9.17, 15) is 0 Å². The van der Waals surface area contributed by atoms with Crippen LogP contribution in [0.1, 0.15) is 69.5 Å². The van der Waals surface area contributed by atoms with Crippen LogP contribution in [0.4, 0.5) is 0 Å². The highest BCUT2D eigenvalue weighted by Crippen LogP contribution is 2.36. The van der Waals surface area contributed by atoms with Gasteiger partial charge in [0.1, 0.15) is 0 Å². The Morgan fingerprint density at radius 1 is 1.22 bits per heavy atom. The average Bonchev–Trinajstić information content (AvgIpc) is 3.07. The summed E-state index contributed by atoms with van der Waals surface area (Å²) in [6, 6.07) is 0.659. The van der Waals surface area contributed by atoms with Gasteiger partial charge in [-0.05, 0) is 38.0 Å². The van der Waals surface area contributed by atoms with E-state index in [0.29, 0.717) is 12.0 Å². The van der Waals surface area contributed by atoms with Crippen LogP contribution in [0.25, 0.3) is 0 Å². The van der Waals surface area contributed by atoms with Crippen molar-refractivity contribution >= 4 is 0 Å². The Kier molecular flexibility index (Phi) is 3.64. The lowest BCUT2D eigenvalue weighted by molar-refractivity contribution is 0.350. The lowest BCUT2D eigenvalue weighted by Crippen LogP contribution is -2.25. The summed E-state index contributed by atoms with van der Waals surface area (Å²) in [5.74, 6) is 3.04. The first-order chi connectivity index (χ1) is 8.81. The van der Waals surface area contributed by atoms with E-state index in [-0.39, 0.29) is 0 Å². The van der Waals surface area contributed by atoms with E-state index in [1.807, 2.05) is 0 Å². The third-order valence-corrected chi connectivity index (χ3v) is 4.44. The summed E-state index contributed by atoms with van der Waals surface area (Å²) in [5.41, 5.74) is 0. The fourth-order valence-electron chi connectivity index (χ4n) is 3.31. The molecule has 0 amide bonds. The highest BCUT2D eigenvalue weighted by Gasteiger charge is 2.26. The fraction of sp³-hybridized carbons (Fsp3) is 0.857. The molecular weight excluding hydrogens is 226 g/mol. The van der Waals surface area contributed by atoms with Gasteiger partial charge in [0.05, 0.1) is 6.54 Å². The van der Waals surface area contributed by atoms with Crippen molar-refractivity contribution in [1.82, 2.24) is 15.5 Å². The molecule has 2 atom stereocenters. The maximum Gasteiger partial charge on any atom is 0.240 e. The van der Waals surface area contributed by atoms with Gasteiger partial charge in [-0.15, -0.1) is 0 Å². The molecule has 0 radical (unpaired) electrons. The SMILES string of the molecule is CC1CCC(c2noc(CNC3CCCC3)n2)C1. The number of aromatic nitrogens is 2. The molecule has 18 heavy (non-hydrogen) atoms. The van der Waals surface area contributed by atoms with E-state index in [1.54, 1.807) is 0 Å². The van der Waals surface area contributed by atoms with Crippen LogP contribution in [-0.4, -0.2) is 16.2 Å². The number of rotatable bonds is 4. The molecule has 2 aliphatic rings. The molecule has 2 saturated carbocycles. The van der Waals surface area contributed by atoms with Gasteiger partial charge in [-0.25, -0.2) is 0 Å². The topological polar surface area (TPSA) is 51.0 Å². The van der Waals surface area contributed by atoms with Crippen molar-refractivity contribution in [2.45, 2.75) is 70.4 Å². The van der Waals surface area contributed by atoms with E-state index in [2.05, 4.69) is 22.4 Å². The fourth-order valence-corrected chi connectivity index (χ4v) is 3.31. The Labute approximate surface area is 109 Å². The van der Waals surface area contributed by atoms with Crippen molar-refractivity contribution in [3.05, 3.63) is 11.7 Å². The summed E-state index contributed by atoms with van der Waals surface area (Å²) in [5, 5.41) is 7.67. The molecule has 0 saturated heterocycles. The van der Waals surface area contributed by atoms with Gasteiger partial charge in [0.25, 0.3) is 0 Å². The van der Waals surface area contributed by atoms with E-state index >= 15 is 0 Å². The summed E-state index contributed by atoms with van der Waals surface area (Å²) in [6.45, 7) is 3.04. The maximum atomic E-state index is 5.35. The van der Waals surface area contributed by atoms with Crippen LogP contribution in [0.2, 0.25) is 0 Å². The Morgan fingerprint density at radius 3 is 2.78 bits per heavy atom. The van der Waals surface area contributed by atoms with Gasteiger partial charge in [-0.1, -0.05) is 24.9 Å². The summed E-state index contributed by atoms with van der Waals surface area (Å²) >= 11 is 0. The molecule has 100 valence electrons. The number of nitrogens with zero attached hydrogens (tertiary/aromatic N) is 2. The lowest BCUT2D eigenvalue weighted by Gasteiger charge is -2.08. The van der Waals surface area contributed by atoms with E-state index in [0.717, 1.165) is 24.2 Å². The largest absolute Gasteiger partial charge is 0.338 e. The molecule has 1 heterocycles. The molecule has 2 aliphatic carbocycles. The molecule has 0 spiro atoms. The van der Waals surface area contributed by atoms with Gasteiger partial charge in [0.2, 0.25) is 5.89 Å². The highest BCUT2D eigenvalue weighted by atomic mass is 16.5. The van der Waals surface area contributed by atoms with E-state index in [1.165, 1.54) is 44.9 Å². The first kappa shape index (κ1) is 12.2. The normalized spacial score (nSPS) is 29.2. The summed E-state index contributed by atoms with van der Waals surface area (Å²) in [6.07, 6.45) is 9.03. The number of hydrogen-bond acceptors (Lipinski definition) is 4. The molecular formula is C14H23N3O. The van der Waals surface area contributed by atoms with Crippen molar-refractivity contribution in [2.75, 3.05) is 0 Å². The average molecular weight is 249 g/mol. The van der Waals surface area contributed by atoms with Crippen molar-refractivity contribution < 1.29 is 4.52 Å². The molecule has 1 N–H and O–H groups in total. The second-order valence-electron chi connectivity index (χ2n) is 6.02. The van der Waals surface area contributed by atoms with Crippen molar-refractivity contribution in [2.24, 2.45) is 5.92 Å². The Balaban J connectivity index is 1.52. The lowest BCUT2D eigenvalue weighted by atomic mass is 10.1. The van der Waals surface area contributed by atoms with Crippen molar-refractivity contribution in [3.63, 3.8) is 0 Å². The zero-order valence-electron chi connectivity index (χ0n) is 11.2. The van der Waals surface area contributed by atoms with Crippen LogP contribution in [-0.2, 0) is 6.54 Å². The van der Waals surface area contributed by atoms with Gasteiger partial charge < -0.3 is 9.84 Å². The summed E-state index contributed by atoms with van der Waals surface area (Å²) in [4.78, 5) is 4.55. The molecule has 4 heteroatoms. The van der Waals surface area contributed by atoms with E-state index < -0.39 is 0 Å². The molecule has 4 nitrogen and oxygen atoms in total. The van der Waals surface area contributed by atoms with Crippen LogP contribution in [0.15, 0.2) is 4.52 Å². The van der Waals surface area contributed by atoms with Crippen LogP contribution < -0.4 is 5.32 Å². The molecule has 1 aromatic rings. The Bertz CT molecular complexity index is 384. The zero-order valence-corrected chi connectivity index (χ0v) is 11.2. The second kappa shape index (κ2) is 5.39. The number of nitrogens with one attached hydrogen (secondary N) is 1. The van der Waals surface area contributed by atoms with Crippen molar-refractivity contribution in [1.29, 1.82) is 0 Å². The first-order valence-corrected chi connectivity index (χ1v) is 7.37. The predicted octanol–water partition coefficient (Wildman–Crippen LogP) is 3.01. The molecule has 2 unspecified atom stereocenters. The van der Waals surface area contributed by atoms with Gasteiger partial charge in [0.15, 0.2) is 5.82 Å². The second-order valence-corrected chi connectivity index (χ2v) is 6.02. The van der Waals surface area contributed by atoms with Crippen LogP contribution in [0.5, 0.6) is 0 Å². The quantitative estimate of drug-likeness (QED) is 0.891. The van der Waals surface area contributed by atoms with Gasteiger partial charge in [-0.3, -0.25) is 0 Å². The first-order valence-electron chi connectivity index (χ1n) is 7.37. The van der Waals surface area contributed by atoms with E-state index in [4.69, 9.17) is 4.52 Å². The highest BCUT2D eigenvalue weighted by molar-refractivity contribution is 4.99. The minimum Gasteiger partial charge on any atom is -0.338 e. The molecule has 0 aromatic carbocycles. The number of hydrogen-bond donors (Lipinski definition) is 1. The standard InChI is InChI=1S/C14H23N3O/c1-10-6-7-11(8-10)14-16-13(18-17-14)9-15-12-4-2-3-5-12/h10-12,15H,2-9H2,1H3. The van der Waals surface area contributed by atoms with Gasteiger partial charge in [-0.2, -0.15) is 4.98 Å². The molecule has 2 fully saturated rings. The Morgan fingerprint density at radius 2 is 2.06 bits per heavy atom. The van der Waals surface area contributed by atoms with Crippen LogP contribution in [0, 0.1) is 5.92 Å². The molecule has 3 rings (SSSR count). The molecule has 0 aliphatic heterocycles. The predicted molar refractivity (Wildman–Crippen MR) is 69.1 cm³/mol. The minimum atomic E-state index is 0.531. The van der Waals surface area contributed by atoms with Crippen molar-refractivity contribution in [3.8, 4) is 0 Å². The monoisotopic (exact) mass is 249 g/mol. The smallest absolute Gasteiger partial charge is 0.240 e. The van der Waals surface area contributed by atoms with Gasteiger partial charge in [0, 0.05) is 12.0 Å². The third-order valence-electron chi connectivity index (χ3n) is 4.44. The third kappa shape index (κ3) is 2.74. The summed E-state index contributed by atoms with van der Waals surface area (Å²) < 4.78 is 5.35. The Hall–Kier alpha value is -0.900.